The molecular formula is C15H24N4O. The van der Waals surface area contributed by atoms with E-state index in [-0.39, 0.29) is 0 Å². The van der Waals surface area contributed by atoms with Crippen LogP contribution in [0.4, 0.5) is 0 Å². The van der Waals surface area contributed by atoms with Gasteiger partial charge in [-0.25, -0.2) is 4.68 Å². The lowest BCUT2D eigenvalue weighted by molar-refractivity contribution is 0.107. The zero-order chi connectivity index (χ0) is 13.4. The molecule has 0 spiro atoms. The minimum atomic E-state index is 0.642. The van der Waals surface area contributed by atoms with Crippen LogP contribution in [0.25, 0.3) is 0 Å². The first-order chi connectivity index (χ1) is 9.88. The Balaban J connectivity index is 1.40. The smallest absolute Gasteiger partial charge is 0.113 e. The fraction of sp³-hybridized carbons (Fsp3) is 0.867. The van der Waals surface area contributed by atoms with Gasteiger partial charge in [-0.05, 0) is 43.9 Å². The summed E-state index contributed by atoms with van der Waals surface area (Å²) in [7, 11) is 0. The molecular weight excluding hydrogens is 252 g/mol. The summed E-state index contributed by atoms with van der Waals surface area (Å²) in [4.78, 5) is 2.59. The first kappa shape index (κ1) is 12.8. The third kappa shape index (κ3) is 3.04. The average molecular weight is 276 g/mol. The molecule has 0 N–H and O–H groups in total. The molecule has 1 aromatic rings. The first-order valence-electron chi connectivity index (χ1n) is 8.10. The maximum absolute atomic E-state index is 5.80. The number of nitrogens with zero attached hydrogens (tertiary/aromatic N) is 4. The highest BCUT2D eigenvalue weighted by molar-refractivity contribution is 5.10. The summed E-state index contributed by atoms with van der Waals surface area (Å²) in [5, 5.41) is 8.67. The van der Waals surface area contributed by atoms with E-state index in [0.717, 1.165) is 37.2 Å². The SMILES string of the molecule is C1CN(CC2CC2)Cc2c(COCC3CC3)nnn2C1. The Morgan fingerprint density at radius 1 is 1.10 bits per heavy atom. The Hall–Kier alpha value is -0.940. The maximum atomic E-state index is 5.80. The number of hydrogen-bond donors (Lipinski definition) is 0. The molecule has 0 aromatic carbocycles. The standard InChI is InChI=1S/C15H24N4O/c1-6-18(8-12-2-3-12)9-15-14(16-17-19(15)7-1)11-20-10-13-4-5-13/h12-13H,1-11H2. The summed E-state index contributed by atoms with van der Waals surface area (Å²) in [5.74, 6) is 1.77. The van der Waals surface area contributed by atoms with E-state index in [2.05, 4.69) is 19.9 Å². The van der Waals surface area contributed by atoms with Gasteiger partial charge in [0.25, 0.3) is 0 Å². The summed E-state index contributed by atoms with van der Waals surface area (Å²) >= 11 is 0. The summed E-state index contributed by atoms with van der Waals surface area (Å²) in [6.07, 6.45) is 6.71. The van der Waals surface area contributed by atoms with Crippen LogP contribution in [0.15, 0.2) is 0 Å². The first-order valence-corrected chi connectivity index (χ1v) is 8.10. The van der Waals surface area contributed by atoms with E-state index in [1.807, 2.05) is 0 Å². The Morgan fingerprint density at radius 2 is 1.95 bits per heavy atom. The molecule has 2 aliphatic carbocycles. The van der Waals surface area contributed by atoms with Crippen LogP contribution in [0.3, 0.4) is 0 Å². The lowest BCUT2D eigenvalue weighted by Crippen LogP contribution is -2.26. The largest absolute Gasteiger partial charge is 0.375 e. The molecule has 1 aliphatic heterocycles. The van der Waals surface area contributed by atoms with Crippen molar-refractivity contribution in [1.82, 2.24) is 19.9 Å². The molecule has 0 saturated heterocycles. The van der Waals surface area contributed by atoms with Crippen molar-refractivity contribution in [3.8, 4) is 0 Å². The predicted octanol–water partition coefficient (Wildman–Crippen LogP) is 1.82. The summed E-state index contributed by atoms with van der Waals surface area (Å²) in [6.45, 7) is 6.01. The van der Waals surface area contributed by atoms with Crippen LogP contribution in [-0.4, -0.2) is 39.6 Å². The van der Waals surface area contributed by atoms with Gasteiger partial charge in [-0.1, -0.05) is 5.21 Å². The third-order valence-corrected chi connectivity index (χ3v) is 4.64. The molecule has 2 saturated carbocycles. The van der Waals surface area contributed by atoms with Crippen molar-refractivity contribution in [3.63, 3.8) is 0 Å². The van der Waals surface area contributed by atoms with E-state index in [0.29, 0.717) is 6.61 Å². The quantitative estimate of drug-likeness (QED) is 0.795. The third-order valence-electron chi connectivity index (χ3n) is 4.64. The maximum Gasteiger partial charge on any atom is 0.113 e. The predicted molar refractivity (Wildman–Crippen MR) is 75.0 cm³/mol. The second-order valence-corrected chi connectivity index (χ2v) is 6.70. The van der Waals surface area contributed by atoms with E-state index < -0.39 is 0 Å². The minimum absolute atomic E-state index is 0.642. The van der Waals surface area contributed by atoms with E-state index in [1.54, 1.807) is 0 Å². The Kier molecular flexibility index (Phi) is 3.48. The van der Waals surface area contributed by atoms with Gasteiger partial charge >= 0.3 is 0 Å². The molecule has 2 fully saturated rings. The van der Waals surface area contributed by atoms with E-state index in [9.17, 15) is 0 Å². The van der Waals surface area contributed by atoms with Crippen molar-refractivity contribution >= 4 is 0 Å². The molecule has 5 heteroatoms. The molecule has 0 bridgehead atoms. The molecule has 0 amide bonds. The summed E-state index contributed by atoms with van der Waals surface area (Å²) in [6, 6.07) is 0. The molecule has 3 aliphatic rings. The summed E-state index contributed by atoms with van der Waals surface area (Å²) in [5.41, 5.74) is 2.35. The van der Waals surface area contributed by atoms with Crippen molar-refractivity contribution in [2.24, 2.45) is 11.8 Å². The molecule has 2 heterocycles. The van der Waals surface area contributed by atoms with Crippen LogP contribution in [-0.2, 0) is 24.4 Å². The van der Waals surface area contributed by atoms with E-state index in [1.165, 1.54) is 50.9 Å². The number of rotatable bonds is 6. The lowest BCUT2D eigenvalue weighted by Gasteiger charge is -2.19. The highest BCUT2D eigenvalue weighted by atomic mass is 16.5. The van der Waals surface area contributed by atoms with Crippen LogP contribution in [0.1, 0.15) is 43.5 Å². The van der Waals surface area contributed by atoms with Crippen molar-refractivity contribution in [2.75, 3.05) is 19.7 Å². The second-order valence-electron chi connectivity index (χ2n) is 6.70. The van der Waals surface area contributed by atoms with Gasteiger partial charge in [0.1, 0.15) is 5.69 Å². The zero-order valence-corrected chi connectivity index (χ0v) is 12.1. The topological polar surface area (TPSA) is 43.2 Å². The van der Waals surface area contributed by atoms with Crippen LogP contribution in [0, 0.1) is 11.8 Å². The Morgan fingerprint density at radius 3 is 2.75 bits per heavy atom. The lowest BCUT2D eigenvalue weighted by atomic mass is 10.3. The molecule has 1 aromatic heterocycles. The van der Waals surface area contributed by atoms with Crippen molar-refractivity contribution in [2.45, 2.75) is 51.8 Å². The number of aryl methyl sites for hydroxylation is 1. The molecule has 5 nitrogen and oxygen atoms in total. The second kappa shape index (κ2) is 5.45. The molecule has 0 radical (unpaired) electrons. The van der Waals surface area contributed by atoms with Gasteiger partial charge in [0.2, 0.25) is 0 Å². The van der Waals surface area contributed by atoms with Crippen LogP contribution in [0.5, 0.6) is 0 Å². The molecule has 0 atom stereocenters. The highest BCUT2D eigenvalue weighted by Crippen LogP contribution is 2.31. The monoisotopic (exact) mass is 276 g/mol. The fourth-order valence-electron chi connectivity index (χ4n) is 3.00. The van der Waals surface area contributed by atoms with Crippen molar-refractivity contribution in [3.05, 3.63) is 11.4 Å². The van der Waals surface area contributed by atoms with Crippen molar-refractivity contribution < 1.29 is 4.74 Å². The number of hydrogen-bond acceptors (Lipinski definition) is 4. The normalized spacial score (nSPS) is 23.6. The molecule has 0 unspecified atom stereocenters. The summed E-state index contributed by atoms with van der Waals surface area (Å²) < 4.78 is 7.90. The Bertz CT molecular complexity index is 464. The van der Waals surface area contributed by atoms with Gasteiger partial charge in [0.15, 0.2) is 0 Å². The zero-order valence-electron chi connectivity index (χ0n) is 12.1. The van der Waals surface area contributed by atoms with E-state index >= 15 is 0 Å². The van der Waals surface area contributed by atoms with E-state index in [4.69, 9.17) is 4.74 Å². The van der Waals surface area contributed by atoms with Crippen LogP contribution in [0.2, 0.25) is 0 Å². The molecule has 110 valence electrons. The van der Waals surface area contributed by atoms with Crippen molar-refractivity contribution in [1.29, 1.82) is 0 Å². The number of fused-ring (bicyclic) bond motifs is 1. The minimum Gasteiger partial charge on any atom is -0.375 e. The molecule has 20 heavy (non-hydrogen) atoms. The molecule has 4 rings (SSSR count). The van der Waals surface area contributed by atoms with Crippen LogP contribution >= 0.6 is 0 Å². The Labute approximate surface area is 120 Å². The van der Waals surface area contributed by atoms with Gasteiger partial charge in [-0.15, -0.1) is 5.10 Å². The van der Waals surface area contributed by atoms with Gasteiger partial charge in [0.05, 0.1) is 12.3 Å². The van der Waals surface area contributed by atoms with Gasteiger partial charge in [-0.3, -0.25) is 4.90 Å². The van der Waals surface area contributed by atoms with Gasteiger partial charge in [0, 0.05) is 32.8 Å². The average Bonchev–Trinajstić information content (AvgIpc) is 3.33. The fourth-order valence-corrected chi connectivity index (χ4v) is 3.00. The van der Waals surface area contributed by atoms with Gasteiger partial charge in [-0.2, -0.15) is 0 Å². The highest BCUT2D eigenvalue weighted by Gasteiger charge is 2.27. The van der Waals surface area contributed by atoms with Gasteiger partial charge < -0.3 is 4.74 Å². The van der Waals surface area contributed by atoms with Crippen LogP contribution < -0.4 is 0 Å². The number of ether oxygens (including phenoxy) is 1. The number of aromatic nitrogens is 3.